The quantitative estimate of drug-likeness (QED) is 0.920. The van der Waals surface area contributed by atoms with Gasteiger partial charge in [0.25, 0.3) is 0 Å². The van der Waals surface area contributed by atoms with E-state index in [9.17, 15) is 4.39 Å². The van der Waals surface area contributed by atoms with Gasteiger partial charge in [-0.2, -0.15) is 5.11 Å². The van der Waals surface area contributed by atoms with Crippen molar-refractivity contribution in [3.63, 3.8) is 0 Å². The van der Waals surface area contributed by atoms with Crippen LogP contribution in [0, 0.1) is 5.82 Å². The molecule has 0 bridgehead atoms. The molecule has 124 valence electrons. The Morgan fingerprint density at radius 1 is 1.43 bits per heavy atom. The van der Waals surface area contributed by atoms with Crippen molar-refractivity contribution in [3.05, 3.63) is 46.5 Å². The molecule has 23 heavy (non-hydrogen) atoms. The van der Waals surface area contributed by atoms with Gasteiger partial charge in [0.1, 0.15) is 5.82 Å². The fourth-order valence-electron chi connectivity index (χ4n) is 3.06. The van der Waals surface area contributed by atoms with Crippen molar-refractivity contribution in [2.45, 2.75) is 38.6 Å². The zero-order valence-electron chi connectivity index (χ0n) is 13.1. The second-order valence-corrected chi connectivity index (χ2v) is 6.54. The van der Waals surface area contributed by atoms with Crippen LogP contribution in [0.2, 0.25) is 5.02 Å². The van der Waals surface area contributed by atoms with Crippen LogP contribution in [-0.4, -0.2) is 35.2 Å². The van der Waals surface area contributed by atoms with E-state index in [4.69, 9.17) is 17.3 Å². The van der Waals surface area contributed by atoms with E-state index in [0.717, 1.165) is 37.2 Å². The van der Waals surface area contributed by atoms with Gasteiger partial charge in [-0.1, -0.05) is 11.6 Å². The molecule has 3 rings (SSSR count). The second-order valence-electron chi connectivity index (χ2n) is 6.14. The highest BCUT2D eigenvalue weighted by atomic mass is 35.5. The summed E-state index contributed by atoms with van der Waals surface area (Å²) in [6, 6.07) is 4.57. The number of nitrogens with two attached hydrogens (primary N) is 1. The Labute approximate surface area is 140 Å². The first-order chi connectivity index (χ1) is 11.0. The predicted molar refractivity (Wildman–Crippen MR) is 88.1 cm³/mol. The van der Waals surface area contributed by atoms with E-state index in [1.165, 1.54) is 12.1 Å². The molecule has 1 saturated heterocycles. The third-order valence-electron chi connectivity index (χ3n) is 4.14. The Kier molecular flexibility index (Phi) is 4.94. The molecule has 2 N–H and O–H groups in total. The molecule has 0 aromatic heterocycles. The minimum atomic E-state index is -0.291. The topological polar surface area (TPSA) is 57.2 Å². The number of allylic oxidation sites excluding steroid dienone is 1. The number of rotatable bonds is 3. The molecule has 2 atom stereocenters. The van der Waals surface area contributed by atoms with Gasteiger partial charge in [0.05, 0.1) is 5.70 Å². The summed E-state index contributed by atoms with van der Waals surface area (Å²) in [5, 5.41) is 9.16. The highest BCUT2D eigenvalue weighted by Crippen LogP contribution is 2.26. The number of likely N-dealkylation sites (tertiary alicyclic amines) is 1. The van der Waals surface area contributed by atoms with Crippen molar-refractivity contribution in [1.82, 2.24) is 9.80 Å². The first kappa shape index (κ1) is 16.4. The summed E-state index contributed by atoms with van der Waals surface area (Å²) < 4.78 is 13.5. The van der Waals surface area contributed by atoms with Crippen LogP contribution in [0.25, 0.3) is 0 Å². The molecule has 5 nitrogen and oxygen atoms in total. The highest BCUT2D eigenvalue weighted by Gasteiger charge is 2.29. The summed E-state index contributed by atoms with van der Waals surface area (Å²) in [7, 11) is 0. The summed E-state index contributed by atoms with van der Waals surface area (Å²) in [6.07, 6.45) is 3.80. The Bertz CT molecular complexity index is 633. The minimum absolute atomic E-state index is 0.158. The van der Waals surface area contributed by atoms with Crippen molar-refractivity contribution in [2.75, 3.05) is 13.1 Å². The molecule has 1 aromatic rings. The molecule has 7 heteroatoms. The SMILES string of the molecule is CC1=CN(Cc2cc(F)ccc2Cl)[C@@H](N2CCCC(N)C2)N=N1. The first-order valence-electron chi connectivity index (χ1n) is 7.81. The molecule has 1 fully saturated rings. The normalized spacial score (nSPS) is 25.6. The summed E-state index contributed by atoms with van der Waals surface area (Å²) >= 11 is 6.21. The molecular weight excluding hydrogens is 317 g/mol. The van der Waals surface area contributed by atoms with Gasteiger partial charge in [0, 0.05) is 36.9 Å². The minimum Gasteiger partial charge on any atom is -0.336 e. The van der Waals surface area contributed by atoms with E-state index >= 15 is 0 Å². The van der Waals surface area contributed by atoms with Gasteiger partial charge in [-0.25, -0.2) is 4.39 Å². The molecule has 2 heterocycles. The molecule has 0 saturated carbocycles. The van der Waals surface area contributed by atoms with E-state index in [0.29, 0.717) is 11.6 Å². The maximum absolute atomic E-state index is 13.5. The Morgan fingerprint density at radius 2 is 2.26 bits per heavy atom. The largest absolute Gasteiger partial charge is 0.336 e. The Balaban J connectivity index is 1.81. The van der Waals surface area contributed by atoms with Gasteiger partial charge in [0.2, 0.25) is 0 Å². The van der Waals surface area contributed by atoms with Gasteiger partial charge in [-0.3, -0.25) is 4.90 Å². The lowest BCUT2D eigenvalue weighted by Gasteiger charge is -2.40. The van der Waals surface area contributed by atoms with Gasteiger partial charge in [-0.05, 0) is 43.5 Å². The average Bonchev–Trinajstić information content (AvgIpc) is 2.51. The first-order valence-corrected chi connectivity index (χ1v) is 8.19. The number of hydrogen-bond donors (Lipinski definition) is 1. The van der Waals surface area contributed by atoms with E-state index in [-0.39, 0.29) is 18.1 Å². The number of azo groups is 1. The molecule has 2 aliphatic rings. The van der Waals surface area contributed by atoms with E-state index in [1.807, 2.05) is 18.0 Å². The Morgan fingerprint density at radius 3 is 3.04 bits per heavy atom. The maximum atomic E-state index is 13.5. The van der Waals surface area contributed by atoms with E-state index < -0.39 is 0 Å². The van der Waals surface area contributed by atoms with Gasteiger partial charge < -0.3 is 10.6 Å². The lowest BCUT2D eigenvalue weighted by Crippen LogP contribution is -2.52. The van der Waals surface area contributed by atoms with Crippen LogP contribution >= 0.6 is 11.6 Å². The van der Waals surface area contributed by atoms with Gasteiger partial charge in [0.15, 0.2) is 6.29 Å². The van der Waals surface area contributed by atoms with E-state index in [2.05, 4.69) is 15.1 Å². The fourth-order valence-corrected chi connectivity index (χ4v) is 3.24. The molecule has 0 aliphatic carbocycles. The van der Waals surface area contributed by atoms with Crippen molar-refractivity contribution >= 4 is 11.6 Å². The maximum Gasteiger partial charge on any atom is 0.199 e. The number of hydrogen-bond acceptors (Lipinski definition) is 5. The zero-order chi connectivity index (χ0) is 16.4. The van der Waals surface area contributed by atoms with Crippen molar-refractivity contribution in [3.8, 4) is 0 Å². The molecule has 0 radical (unpaired) electrons. The van der Waals surface area contributed by atoms with Crippen molar-refractivity contribution in [2.24, 2.45) is 16.0 Å². The summed E-state index contributed by atoms with van der Waals surface area (Å²) in [5.74, 6) is -0.291. The van der Waals surface area contributed by atoms with Crippen LogP contribution in [-0.2, 0) is 6.54 Å². The fraction of sp³-hybridized carbons (Fsp3) is 0.500. The van der Waals surface area contributed by atoms with Crippen LogP contribution in [0.15, 0.2) is 40.3 Å². The average molecular weight is 338 g/mol. The zero-order valence-corrected chi connectivity index (χ0v) is 13.9. The van der Waals surface area contributed by atoms with Gasteiger partial charge in [-0.15, -0.1) is 5.11 Å². The van der Waals surface area contributed by atoms with Crippen LogP contribution < -0.4 is 5.73 Å². The highest BCUT2D eigenvalue weighted by molar-refractivity contribution is 6.31. The van der Waals surface area contributed by atoms with Crippen LogP contribution in [0.4, 0.5) is 4.39 Å². The molecular formula is C16H21ClFN5. The molecule has 0 amide bonds. The second kappa shape index (κ2) is 6.95. The number of benzene rings is 1. The van der Waals surface area contributed by atoms with E-state index in [1.54, 1.807) is 6.07 Å². The van der Waals surface area contributed by atoms with Crippen LogP contribution in [0.3, 0.4) is 0 Å². The molecule has 1 unspecified atom stereocenters. The Hall–Kier alpha value is -1.50. The number of nitrogens with zero attached hydrogens (tertiary/aromatic N) is 4. The van der Waals surface area contributed by atoms with Crippen LogP contribution in [0.5, 0.6) is 0 Å². The third kappa shape index (κ3) is 3.88. The van der Waals surface area contributed by atoms with Gasteiger partial charge >= 0.3 is 0 Å². The third-order valence-corrected chi connectivity index (χ3v) is 4.51. The standard InChI is InChI=1S/C16H21ClFN5/c1-11-8-23(9-12-7-13(18)4-5-15(12)17)16(21-20-11)22-6-2-3-14(19)10-22/h4-5,7-8,14,16H,2-3,6,9-10,19H2,1H3/t14?,16-/m1/s1. The summed E-state index contributed by atoms with van der Waals surface area (Å²) in [5.41, 5.74) is 7.63. The predicted octanol–water partition coefficient (Wildman–Crippen LogP) is 3.31. The monoisotopic (exact) mass is 337 g/mol. The summed E-state index contributed by atoms with van der Waals surface area (Å²) in [6.45, 7) is 4.08. The number of piperidine rings is 1. The lowest BCUT2D eigenvalue weighted by atomic mass is 10.1. The van der Waals surface area contributed by atoms with Crippen molar-refractivity contribution in [1.29, 1.82) is 0 Å². The molecule has 1 aromatic carbocycles. The summed E-state index contributed by atoms with van der Waals surface area (Å²) in [4.78, 5) is 4.26. The molecule has 2 aliphatic heterocycles. The lowest BCUT2D eigenvalue weighted by molar-refractivity contribution is 0.0446. The number of halogens is 2. The smallest absolute Gasteiger partial charge is 0.199 e. The van der Waals surface area contributed by atoms with Crippen molar-refractivity contribution < 1.29 is 4.39 Å². The molecule has 0 spiro atoms. The van der Waals surface area contributed by atoms with Crippen LogP contribution in [0.1, 0.15) is 25.3 Å².